The van der Waals surface area contributed by atoms with Crippen LogP contribution in [0.25, 0.3) is 0 Å². The molecule has 0 fully saturated rings. The average molecular weight is 395 g/mol. The molecule has 0 aromatic carbocycles. The summed E-state index contributed by atoms with van der Waals surface area (Å²) in [6.07, 6.45) is 29.5. The lowest BCUT2D eigenvalue weighted by Crippen LogP contribution is -2.05. The Hall–Kier alpha value is -0.790. The zero-order valence-corrected chi connectivity index (χ0v) is 19.3. The van der Waals surface area contributed by atoms with Crippen molar-refractivity contribution in [3.05, 3.63) is 12.2 Å². The van der Waals surface area contributed by atoms with E-state index in [1.807, 2.05) is 0 Å². The number of unbranched alkanes of at least 4 members (excludes halogenated alkanes) is 16. The van der Waals surface area contributed by atoms with Crippen molar-refractivity contribution in [3.8, 4) is 0 Å². The highest BCUT2D eigenvalue weighted by Crippen LogP contribution is 2.11. The number of ether oxygens (including phenoxy) is 1. The molecule has 0 saturated carbocycles. The van der Waals surface area contributed by atoms with E-state index >= 15 is 0 Å². The molecule has 0 atom stereocenters. The third-order valence-electron chi connectivity index (χ3n) is 5.40. The van der Waals surface area contributed by atoms with Crippen LogP contribution in [0.15, 0.2) is 12.2 Å². The normalized spacial score (nSPS) is 11.4. The van der Waals surface area contributed by atoms with Gasteiger partial charge in [-0.2, -0.15) is 0 Å². The maximum absolute atomic E-state index is 11.7. The van der Waals surface area contributed by atoms with Gasteiger partial charge in [-0.05, 0) is 38.5 Å². The molecule has 2 heteroatoms. The fourth-order valence-electron chi connectivity index (χ4n) is 3.48. The maximum Gasteiger partial charge on any atom is 0.305 e. The number of carbonyl (C=O) groups is 1. The molecule has 0 saturated heterocycles. The van der Waals surface area contributed by atoms with Crippen molar-refractivity contribution in [2.45, 2.75) is 142 Å². The van der Waals surface area contributed by atoms with E-state index in [4.69, 9.17) is 4.74 Å². The molecule has 0 aliphatic heterocycles. The molecule has 0 amide bonds. The van der Waals surface area contributed by atoms with Gasteiger partial charge in [-0.3, -0.25) is 4.79 Å². The first kappa shape index (κ1) is 27.2. The number of hydrogen-bond acceptors (Lipinski definition) is 2. The molecular formula is C26H50O2. The zero-order valence-electron chi connectivity index (χ0n) is 19.3. The van der Waals surface area contributed by atoms with Crippen LogP contribution in [0.5, 0.6) is 0 Å². The number of rotatable bonds is 22. The molecule has 2 nitrogen and oxygen atoms in total. The summed E-state index contributed by atoms with van der Waals surface area (Å²) in [5, 5.41) is 0. The molecule has 28 heavy (non-hydrogen) atoms. The van der Waals surface area contributed by atoms with Crippen LogP contribution in [0.2, 0.25) is 0 Å². The molecule has 0 spiro atoms. The van der Waals surface area contributed by atoms with Crippen molar-refractivity contribution >= 4 is 5.97 Å². The molecule has 0 aliphatic rings. The molecular weight excluding hydrogens is 344 g/mol. The van der Waals surface area contributed by atoms with Crippen LogP contribution in [-0.4, -0.2) is 12.6 Å². The predicted octanol–water partition coefficient (Wildman–Crippen LogP) is 8.93. The Balaban J connectivity index is 3.18. The zero-order chi connectivity index (χ0) is 20.5. The first-order valence-corrected chi connectivity index (χ1v) is 12.6. The predicted molar refractivity (Wildman–Crippen MR) is 124 cm³/mol. The largest absolute Gasteiger partial charge is 0.466 e. The van der Waals surface area contributed by atoms with Crippen LogP contribution in [-0.2, 0) is 9.53 Å². The molecule has 0 unspecified atom stereocenters. The van der Waals surface area contributed by atoms with E-state index in [0.29, 0.717) is 13.0 Å². The number of allylic oxidation sites excluding steroid dienone is 2. The van der Waals surface area contributed by atoms with E-state index in [2.05, 4.69) is 26.0 Å². The lowest BCUT2D eigenvalue weighted by atomic mass is 10.1. The van der Waals surface area contributed by atoms with Gasteiger partial charge >= 0.3 is 5.97 Å². The topological polar surface area (TPSA) is 26.3 Å². The third kappa shape index (κ3) is 23.2. The Labute approximate surface area is 176 Å². The minimum atomic E-state index is 0.00930. The molecule has 0 heterocycles. The fourth-order valence-corrected chi connectivity index (χ4v) is 3.48. The summed E-state index contributed by atoms with van der Waals surface area (Å²) >= 11 is 0. The molecule has 0 aliphatic carbocycles. The van der Waals surface area contributed by atoms with Crippen molar-refractivity contribution < 1.29 is 9.53 Å². The van der Waals surface area contributed by atoms with Gasteiger partial charge in [0.2, 0.25) is 0 Å². The van der Waals surface area contributed by atoms with Crippen molar-refractivity contribution in [1.82, 2.24) is 0 Å². The molecule has 0 aromatic heterocycles. The van der Waals surface area contributed by atoms with Gasteiger partial charge in [0.25, 0.3) is 0 Å². The minimum Gasteiger partial charge on any atom is -0.466 e. The first-order valence-electron chi connectivity index (χ1n) is 12.6. The Morgan fingerprint density at radius 1 is 0.571 bits per heavy atom. The summed E-state index contributed by atoms with van der Waals surface area (Å²) < 4.78 is 5.32. The average Bonchev–Trinajstić information content (AvgIpc) is 2.70. The van der Waals surface area contributed by atoms with Crippen LogP contribution in [0.1, 0.15) is 142 Å². The van der Waals surface area contributed by atoms with Gasteiger partial charge in [-0.25, -0.2) is 0 Å². The summed E-state index contributed by atoms with van der Waals surface area (Å²) in [5.41, 5.74) is 0. The number of carbonyl (C=O) groups excluding carboxylic acids is 1. The van der Waals surface area contributed by atoms with Crippen LogP contribution < -0.4 is 0 Å². The quantitative estimate of drug-likeness (QED) is 0.104. The van der Waals surface area contributed by atoms with E-state index in [0.717, 1.165) is 12.8 Å². The van der Waals surface area contributed by atoms with Crippen LogP contribution in [0, 0.1) is 0 Å². The van der Waals surface area contributed by atoms with Gasteiger partial charge in [0.1, 0.15) is 0 Å². The molecule has 0 bridgehead atoms. The van der Waals surface area contributed by atoms with Crippen molar-refractivity contribution in [2.75, 3.05) is 6.61 Å². The Bertz CT molecular complexity index is 335. The summed E-state index contributed by atoms with van der Waals surface area (Å²) in [6.45, 7) is 5.12. The number of hydrogen-bond donors (Lipinski definition) is 0. The second kappa shape index (κ2) is 24.2. The van der Waals surface area contributed by atoms with Crippen molar-refractivity contribution in [1.29, 1.82) is 0 Å². The maximum atomic E-state index is 11.7. The van der Waals surface area contributed by atoms with Gasteiger partial charge in [-0.1, -0.05) is 109 Å². The van der Waals surface area contributed by atoms with E-state index in [-0.39, 0.29) is 5.97 Å². The second-order valence-electron chi connectivity index (χ2n) is 8.32. The monoisotopic (exact) mass is 394 g/mol. The highest BCUT2D eigenvalue weighted by molar-refractivity contribution is 5.69. The van der Waals surface area contributed by atoms with E-state index in [9.17, 15) is 4.79 Å². The molecule has 0 radical (unpaired) electrons. The van der Waals surface area contributed by atoms with Crippen LogP contribution >= 0.6 is 0 Å². The van der Waals surface area contributed by atoms with E-state index in [1.54, 1.807) is 0 Å². The third-order valence-corrected chi connectivity index (χ3v) is 5.40. The summed E-state index contributed by atoms with van der Waals surface area (Å²) in [5.74, 6) is 0.00930. The van der Waals surface area contributed by atoms with Crippen LogP contribution in [0.3, 0.4) is 0 Å². The Morgan fingerprint density at radius 2 is 1.00 bits per heavy atom. The van der Waals surface area contributed by atoms with Gasteiger partial charge in [0.15, 0.2) is 0 Å². The lowest BCUT2D eigenvalue weighted by molar-refractivity contribution is -0.143. The van der Waals surface area contributed by atoms with Gasteiger partial charge in [-0.15, -0.1) is 0 Å². The molecule has 0 rings (SSSR count). The molecule has 0 aromatic rings. The molecule has 0 N–H and O–H groups in total. The van der Waals surface area contributed by atoms with Crippen molar-refractivity contribution in [2.24, 2.45) is 0 Å². The lowest BCUT2D eigenvalue weighted by Gasteiger charge is -2.05. The highest BCUT2D eigenvalue weighted by atomic mass is 16.5. The Kier molecular flexibility index (Phi) is 23.6. The highest BCUT2D eigenvalue weighted by Gasteiger charge is 2.02. The van der Waals surface area contributed by atoms with Gasteiger partial charge in [0, 0.05) is 6.42 Å². The van der Waals surface area contributed by atoms with Gasteiger partial charge < -0.3 is 4.74 Å². The van der Waals surface area contributed by atoms with Gasteiger partial charge in [0.05, 0.1) is 6.61 Å². The Morgan fingerprint density at radius 3 is 1.57 bits per heavy atom. The second-order valence-corrected chi connectivity index (χ2v) is 8.32. The summed E-state index contributed by atoms with van der Waals surface area (Å²) in [6, 6.07) is 0. The standard InChI is InChI=1S/C26H50O2/c1-3-5-7-9-11-12-13-14-15-16-17-18-19-20-22-24-26(27)28-25-23-21-10-8-6-4-2/h12-13H,3-11,14-25H2,1-2H3/b13-12+. The smallest absolute Gasteiger partial charge is 0.305 e. The van der Waals surface area contributed by atoms with E-state index in [1.165, 1.54) is 109 Å². The first-order chi connectivity index (χ1) is 13.8. The fraction of sp³-hybridized carbons (Fsp3) is 0.885. The summed E-state index contributed by atoms with van der Waals surface area (Å²) in [4.78, 5) is 11.7. The molecule has 166 valence electrons. The van der Waals surface area contributed by atoms with Crippen molar-refractivity contribution in [3.63, 3.8) is 0 Å². The van der Waals surface area contributed by atoms with E-state index < -0.39 is 0 Å². The number of esters is 1. The van der Waals surface area contributed by atoms with Crippen LogP contribution in [0.4, 0.5) is 0 Å². The minimum absolute atomic E-state index is 0.00930. The summed E-state index contributed by atoms with van der Waals surface area (Å²) in [7, 11) is 0. The SMILES string of the molecule is CCCCCC/C=C/CCCCCCCCCC(=O)OCCCCCCCC.